The number of carbonyl (C=O) groups excluding carboxylic acids is 2. The third-order valence-corrected chi connectivity index (χ3v) is 6.83. The topological polar surface area (TPSA) is 85.3 Å². The van der Waals surface area contributed by atoms with Gasteiger partial charge in [-0.2, -0.15) is 0 Å². The van der Waals surface area contributed by atoms with E-state index in [2.05, 4.69) is 0 Å². The number of aliphatic hydroxyl groups excluding tert-OH is 1. The van der Waals surface area contributed by atoms with Crippen LogP contribution in [0.4, 0.5) is 0 Å². The first-order valence-electron chi connectivity index (χ1n) is 12.0. The molecule has 186 valence electrons. The van der Waals surface area contributed by atoms with Gasteiger partial charge >= 0.3 is 0 Å². The first-order valence-corrected chi connectivity index (χ1v) is 12.0. The summed E-state index contributed by atoms with van der Waals surface area (Å²) in [6.45, 7) is 6.84. The lowest BCUT2D eigenvalue weighted by Crippen LogP contribution is -2.36. The number of methoxy groups -OCH3 is 2. The fourth-order valence-electron chi connectivity index (χ4n) is 4.96. The maximum absolute atomic E-state index is 13.4. The third-order valence-electron chi connectivity index (χ3n) is 6.83. The summed E-state index contributed by atoms with van der Waals surface area (Å²) in [7, 11) is 3.18. The zero-order valence-electron chi connectivity index (χ0n) is 21.0. The van der Waals surface area contributed by atoms with Crippen molar-refractivity contribution in [1.82, 2.24) is 4.90 Å². The highest BCUT2D eigenvalue weighted by atomic mass is 16.5. The molecule has 0 aromatic heterocycles. The van der Waals surface area contributed by atoms with Crippen molar-refractivity contribution in [2.75, 3.05) is 27.4 Å². The smallest absolute Gasteiger partial charge is 0.295 e. The Balaban J connectivity index is 1.90. The predicted octanol–water partition coefficient (Wildman–Crippen LogP) is 4.74. The van der Waals surface area contributed by atoms with Crippen molar-refractivity contribution in [2.45, 2.75) is 51.7 Å². The Kier molecular flexibility index (Phi) is 7.17. The van der Waals surface area contributed by atoms with Gasteiger partial charge in [-0.1, -0.05) is 26.0 Å². The second-order valence-electron chi connectivity index (χ2n) is 9.43. The molecule has 2 heterocycles. The highest BCUT2D eigenvalue weighted by Gasteiger charge is 2.47. The van der Waals surface area contributed by atoms with Gasteiger partial charge in [0.2, 0.25) is 0 Å². The lowest BCUT2D eigenvalue weighted by Gasteiger charge is -2.28. The Morgan fingerprint density at radius 2 is 1.94 bits per heavy atom. The molecule has 4 rings (SSSR count). The molecule has 2 atom stereocenters. The number of aryl methyl sites for hydroxylation is 1. The lowest BCUT2D eigenvalue weighted by atomic mass is 9.91. The molecule has 7 nitrogen and oxygen atoms in total. The van der Waals surface area contributed by atoms with E-state index >= 15 is 0 Å². The van der Waals surface area contributed by atoms with E-state index in [0.717, 1.165) is 29.7 Å². The van der Waals surface area contributed by atoms with E-state index in [1.165, 1.54) is 4.90 Å². The number of benzene rings is 2. The maximum atomic E-state index is 13.4. The van der Waals surface area contributed by atoms with Crippen molar-refractivity contribution in [3.05, 3.63) is 64.2 Å². The lowest BCUT2D eigenvalue weighted by molar-refractivity contribution is -0.140. The molecular weight excluding hydrogens is 446 g/mol. The first-order chi connectivity index (χ1) is 16.8. The zero-order valence-corrected chi connectivity index (χ0v) is 21.0. The summed E-state index contributed by atoms with van der Waals surface area (Å²) < 4.78 is 16.7. The number of carbonyl (C=O) groups is 2. The maximum Gasteiger partial charge on any atom is 0.295 e. The van der Waals surface area contributed by atoms with Gasteiger partial charge in [0.25, 0.3) is 11.7 Å². The minimum atomic E-state index is -0.752. The number of hydrogen-bond donors (Lipinski definition) is 1. The molecule has 2 fully saturated rings. The Labute approximate surface area is 206 Å². The van der Waals surface area contributed by atoms with Crippen molar-refractivity contribution in [3.63, 3.8) is 0 Å². The van der Waals surface area contributed by atoms with Gasteiger partial charge in [0, 0.05) is 18.7 Å². The summed E-state index contributed by atoms with van der Waals surface area (Å²) in [4.78, 5) is 28.2. The molecule has 7 heteroatoms. The van der Waals surface area contributed by atoms with Gasteiger partial charge in [-0.25, -0.2) is 0 Å². The number of Topliss-reactive ketones (excluding diaryl/α,β-unsaturated/α-hetero) is 1. The monoisotopic (exact) mass is 479 g/mol. The average molecular weight is 480 g/mol. The number of rotatable bonds is 7. The Morgan fingerprint density at radius 3 is 2.57 bits per heavy atom. The fourth-order valence-corrected chi connectivity index (χ4v) is 4.96. The fraction of sp³-hybridized carbons (Fsp3) is 0.429. The van der Waals surface area contributed by atoms with E-state index in [-0.39, 0.29) is 29.9 Å². The number of nitrogens with zero attached hydrogens (tertiary/aromatic N) is 1. The largest absolute Gasteiger partial charge is 0.507 e. The molecule has 0 radical (unpaired) electrons. The number of likely N-dealkylation sites (tertiary alicyclic amines) is 1. The average Bonchev–Trinajstić information content (AvgIpc) is 3.45. The number of ether oxygens (including phenoxy) is 3. The summed E-state index contributed by atoms with van der Waals surface area (Å²) >= 11 is 0. The quantitative estimate of drug-likeness (QED) is 0.351. The minimum Gasteiger partial charge on any atom is -0.507 e. The van der Waals surface area contributed by atoms with Gasteiger partial charge < -0.3 is 24.2 Å². The molecule has 2 aromatic rings. The van der Waals surface area contributed by atoms with Crippen molar-refractivity contribution in [1.29, 1.82) is 0 Å². The van der Waals surface area contributed by atoms with E-state index < -0.39 is 17.7 Å². The molecule has 2 aromatic carbocycles. The molecule has 2 aliphatic rings. The molecule has 2 unspecified atom stereocenters. The van der Waals surface area contributed by atoms with Crippen molar-refractivity contribution in [2.24, 2.45) is 0 Å². The summed E-state index contributed by atoms with van der Waals surface area (Å²) in [6.07, 6.45) is 1.60. The summed E-state index contributed by atoms with van der Waals surface area (Å²) in [5.41, 5.74) is 2.93. The number of ketones is 1. The highest BCUT2D eigenvalue weighted by Crippen LogP contribution is 2.42. The van der Waals surface area contributed by atoms with Crippen LogP contribution in [0.1, 0.15) is 60.9 Å². The molecule has 1 N–H and O–H groups in total. The predicted molar refractivity (Wildman–Crippen MR) is 133 cm³/mol. The van der Waals surface area contributed by atoms with E-state index in [1.807, 2.05) is 45.0 Å². The Morgan fingerprint density at radius 1 is 1.17 bits per heavy atom. The van der Waals surface area contributed by atoms with Gasteiger partial charge in [-0.15, -0.1) is 0 Å². The summed E-state index contributed by atoms with van der Waals surface area (Å²) in [6, 6.07) is 10.2. The second kappa shape index (κ2) is 10.1. The van der Waals surface area contributed by atoms with Crippen LogP contribution in [0.5, 0.6) is 11.5 Å². The molecule has 0 saturated carbocycles. The normalized spacial score (nSPS) is 21.7. The van der Waals surface area contributed by atoms with Gasteiger partial charge in [-0.05, 0) is 66.6 Å². The number of amides is 1. The summed E-state index contributed by atoms with van der Waals surface area (Å²) in [5, 5.41) is 11.6. The van der Waals surface area contributed by atoms with Crippen LogP contribution in [0.2, 0.25) is 0 Å². The van der Waals surface area contributed by atoms with Crippen LogP contribution in [-0.2, 0) is 14.3 Å². The third kappa shape index (κ3) is 4.65. The Bertz CT molecular complexity index is 1160. The van der Waals surface area contributed by atoms with E-state index in [4.69, 9.17) is 14.2 Å². The molecule has 35 heavy (non-hydrogen) atoms. The standard InChI is InChI=1S/C28H33NO6/c1-16(2)21-14-22(17(3)12-23(21)34-5)26(30)24-25(18-8-6-9-19(13-18)33-4)29(28(32)27(24)31)15-20-10-7-11-35-20/h6,8-9,12-14,16,20,25,30H,7,10-11,15H2,1-5H3/b26-24+. The van der Waals surface area contributed by atoms with Gasteiger partial charge in [0.05, 0.1) is 31.9 Å². The van der Waals surface area contributed by atoms with E-state index in [1.54, 1.807) is 26.4 Å². The Hall–Kier alpha value is -3.32. The van der Waals surface area contributed by atoms with Gasteiger partial charge in [0.15, 0.2) is 0 Å². The van der Waals surface area contributed by atoms with Crippen LogP contribution in [-0.4, -0.2) is 55.2 Å². The molecule has 2 aliphatic heterocycles. The molecule has 0 aliphatic carbocycles. The van der Waals surface area contributed by atoms with Gasteiger partial charge in [-0.3, -0.25) is 9.59 Å². The van der Waals surface area contributed by atoms with Crippen LogP contribution in [0, 0.1) is 6.92 Å². The number of hydrogen-bond acceptors (Lipinski definition) is 6. The van der Waals surface area contributed by atoms with E-state index in [0.29, 0.717) is 23.5 Å². The van der Waals surface area contributed by atoms with E-state index in [9.17, 15) is 14.7 Å². The van der Waals surface area contributed by atoms with Crippen LogP contribution >= 0.6 is 0 Å². The van der Waals surface area contributed by atoms with Crippen LogP contribution in [0.3, 0.4) is 0 Å². The minimum absolute atomic E-state index is 0.0734. The number of aliphatic hydroxyl groups is 1. The molecule has 0 spiro atoms. The van der Waals surface area contributed by atoms with Crippen LogP contribution in [0.25, 0.3) is 5.76 Å². The SMILES string of the molecule is COc1cccc(C2/C(=C(\O)c3cc(C(C)C)c(OC)cc3C)C(=O)C(=O)N2CC2CCCO2)c1. The van der Waals surface area contributed by atoms with Crippen molar-refractivity contribution in [3.8, 4) is 11.5 Å². The van der Waals surface area contributed by atoms with Crippen molar-refractivity contribution < 1.29 is 28.9 Å². The highest BCUT2D eigenvalue weighted by molar-refractivity contribution is 6.46. The molecule has 1 amide bonds. The summed E-state index contributed by atoms with van der Waals surface area (Å²) in [5.74, 6) is -0.0637. The van der Waals surface area contributed by atoms with Gasteiger partial charge in [0.1, 0.15) is 17.3 Å². The molecule has 2 saturated heterocycles. The molecular formula is C28H33NO6. The molecule has 0 bridgehead atoms. The van der Waals surface area contributed by atoms with Crippen LogP contribution < -0.4 is 9.47 Å². The zero-order chi connectivity index (χ0) is 25.3. The first kappa shape index (κ1) is 24.8. The van der Waals surface area contributed by atoms with Crippen LogP contribution in [0.15, 0.2) is 42.0 Å². The second-order valence-corrected chi connectivity index (χ2v) is 9.43. The van der Waals surface area contributed by atoms with Crippen molar-refractivity contribution >= 4 is 17.4 Å².